The molecule has 1 heteroatoms. The van der Waals surface area contributed by atoms with Crippen molar-refractivity contribution in [3.63, 3.8) is 0 Å². The highest BCUT2D eigenvalue weighted by Gasteiger charge is 2.30. The molecule has 0 spiro atoms. The highest BCUT2D eigenvalue weighted by molar-refractivity contribution is 7.99. The number of rotatable bonds is 6. The summed E-state index contributed by atoms with van der Waals surface area (Å²) in [7, 11) is 0. The van der Waals surface area contributed by atoms with E-state index in [1.807, 2.05) is 0 Å². The fraction of sp³-hybridized carbons (Fsp3) is 0.857. The molecule has 3 aliphatic carbocycles. The number of unbranched alkanes of at least 4 members (excludes halogenated alkanes) is 1. The maximum Gasteiger partial charge on any atom is -0.00647 e. The highest BCUT2D eigenvalue weighted by Crippen LogP contribution is 2.42. The predicted molar refractivity (Wildman–Crippen MR) is 70.3 cm³/mol. The van der Waals surface area contributed by atoms with Gasteiger partial charge in [-0.05, 0) is 61.4 Å². The van der Waals surface area contributed by atoms with E-state index >= 15 is 0 Å². The van der Waals surface area contributed by atoms with Crippen LogP contribution in [0, 0.1) is 17.8 Å². The van der Waals surface area contributed by atoms with Gasteiger partial charge in [-0.25, -0.2) is 0 Å². The zero-order chi connectivity index (χ0) is 10.5. The van der Waals surface area contributed by atoms with E-state index in [1.54, 1.807) is 0 Å². The van der Waals surface area contributed by atoms with E-state index in [0.29, 0.717) is 0 Å². The molecule has 1 saturated carbocycles. The lowest BCUT2D eigenvalue weighted by Crippen LogP contribution is -2.27. The van der Waals surface area contributed by atoms with Crippen molar-refractivity contribution >= 4 is 11.8 Å². The van der Waals surface area contributed by atoms with E-state index in [4.69, 9.17) is 0 Å². The van der Waals surface area contributed by atoms with E-state index in [1.165, 1.54) is 50.0 Å². The molecular formula is C14H24S. The van der Waals surface area contributed by atoms with Crippen molar-refractivity contribution in [3.8, 4) is 0 Å². The summed E-state index contributed by atoms with van der Waals surface area (Å²) < 4.78 is 0. The Balaban J connectivity index is 1.62. The first-order valence-corrected chi connectivity index (χ1v) is 7.81. The van der Waals surface area contributed by atoms with E-state index in [0.717, 1.165) is 17.8 Å². The molecule has 86 valence electrons. The largest absolute Gasteiger partial charge is 0.162 e. The minimum absolute atomic E-state index is 0.945. The molecule has 0 aliphatic heterocycles. The van der Waals surface area contributed by atoms with E-state index in [9.17, 15) is 0 Å². The second-order valence-corrected chi connectivity index (χ2v) is 6.36. The molecule has 2 bridgehead atoms. The highest BCUT2D eigenvalue weighted by atomic mass is 32.2. The monoisotopic (exact) mass is 224 g/mol. The molecule has 0 heterocycles. The smallest absolute Gasteiger partial charge is 0.00647 e. The molecule has 1 fully saturated rings. The van der Waals surface area contributed by atoms with Crippen molar-refractivity contribution in [2.24, 2.45) is 17.8 Å². The molecule has 0 saturated heterocycles. The normalized spacial score (nSPS) is 33.5. The third-order valence-electron chi connectivity index (χ3n) is 3.99. The molecule has 0 radical (unpaired) electrons. The van der Waals surface area contributed by atoms with Gasteiger partial charge >= 0.3 is 0 Å². The molecule has 0 nitrogen and oxygen atoms in total. The second-order valence-electron chi connectivity index (χ2n) is 5.14. The van der Waals surface area contributed by atoms with Gasteiger partial charge in [-0.1, -0.05) is 25.5 Å². The molecule has 0 aromatic carbocycles. The van der Waals surface area contributed by atoms with Gasteiger partial charge in [-0.15, -0.1) is 0 Å². The van der Waals surface area contributed by atoms with Crippen LogP contribution in [0.3, 0.4) is 0 Å². The summed E-state index contributed by atoms with van der Waals surface area (Å²) in [6.45, 7) is 2.28. The second kappa shape index (κ2) is 5.98. The Bertz CT molecular complexity index is 209. The zero-order valence-corrected chi connectivity index (χ0v) is 10.8. The van der Waals surface area contributed by atoms with Gasteiger partial charge in [0.05, 0.1) is 0 Å². The molecule has 0 aromatic rings. The first kappa shape index (κ1) is 11.6. The topological polar surface area (TPSA) is 0 Å². The van der Waals surface area contributed by atoms with Crippen LogP contribution in [-0.2, 0) is 0 Å². The molecular weight excluding hydrogens is 200 g/mol. The van der Waals surface area contributed by atoms with Crippen molar-refractivity contribution in [2.75, 3.05) is 11.5 Å². The number of fused-ring (bicyclic) bond motifs is 2. The van der Waals surface area contributed by atoms with Crippen LogP contribution in [0.2, 0.25) is 0 Å². The summed E-state index contributed by atoms with van der Waals surface area (Å²) in [5.41, 5.74) is 0. The Kier molecular flexibility index (Phi) is 4.61. The molecule has 3 aliphatic rings. The Hall–Kier alpha value is 0.0900. The summed E-state index contributed by atoms with van der Waals surface area (Å²) in [6.07, 6.45) is 13.7. The quantitative estimate of drug-likeness (QED) is 0.472. The van der Waals surface area contributed by atoms with E-state index in [2.05, 4.69) is 30.8 Å². The molecule has 0 aromatic heterocycles. The maximum absolute atomic E-state index is 2.51. The van der Waals surface area contributed by atoms with Gasteiger partial charge in [-0.3, -0.25) is 0 Å². The van der Waals surface area contributed by atoms with Crippen molar-refractivity contribution in [3.05, 3.63) is 12.2 Å². The standard InChI is InChI=1S/C14H24S/c1-2-3-9-15-10-8-14-11-12-4-6-13(14)7-5-12/h4,6,12-14H,2-3,5,7-11H2,1H3. The fourth-order valence-electron chi connectivity index (χ4n) is 2.97. The summed E-state index contributed by atoms with van der Waals surface area (Å²) in [5, 5.41) is 0. The zero-order valence-electron chi connectivity index (χ0n) is 9.95. The summed E-state index contributed by atoms with van der Waals surface area (Å²) in [4.78, 5) is 0. The van der Waals surface area contributed by atoms with Crippen LogP contribution in [0.15, 0.2) is 12.2 Å². The number of thioether (sulfide) groups is 1. The minimum atomic E-state index is 0.945. The molecule has 15 heavy (non-hydrogen) atoms. The van der Waals surface area contributed by atoms with E-state index in [-0.39, 0.29) is 0 Å². The lowest BCUT2D eigenvalue weighted by molar-refractivity contribution is 0.216. The first-order chi connectivity index (χ1) is 7.40. The van der Waals surface area contributed by atoms with Crippen molar-refractivity contribution in [2.45, 2.75) is 45.4 Å². The fourth-order valence-corrected chi connectivity index (χ4v) is 4.13. The van der Waals surface area contributed by atoms with Crippen LogP contribution in [-0.4, -0.2) is 11.5 Å². The van der Waals surface area contributed by atoms with Crippen LogP contribution < -0.4 is 0 Å². The predicted octanol–water partition coefficient (Wildman–Crippen LogP) is 4.51. The lowest BCUT2D eigenvalue weighted by atomic mass is 9.68. The Morgan fingerprint density at radius 2 is 2.13 bits per heavy atom. The Morgan fingerprint density at radius 1 is 1.20 bits per heavy atom. The molecule has 0 amide bonds. The van der Waals surface area contributed by atoms with Gasteiger partial charge < -0.3 is 0 Å². The summed E-state index contributed by atoms with van der Waals surface area (Å²) in [5.74, 6) is 5.71. The van der Waals surface area contributed by atoms with E-state index < -0.39 is 0 Å². The third-order valence-corrected chi connectivity index (χ3v) is 5.09. The Morgan fingerprint density at radius 3 is 2.73 bits per heavy atom. The van der Waals surface area contributed by atoms with Crippen molar-refractivity contribution in [1.82, 2.24) is 0 Å². The Labute approximate surface area is 98.9 Å². The lowest BCUT2D eigenvalue weighted by Gasteiger charge is -2.38. The van der Waals surface area contributed by atoms with Gasteiger partial charge in [0.15, 0.2) is 0 Å². The van der Waals surface area contributed by atoms with Crippen LogP contribution in [0.25, 0.3) is 0 Å². The average Bonchev–Trinajstić information content (AvgIpc) is 2.30. The maximum atomic E-state index is 2.51. The van der Waals surface area contributed by atoms with Crippen LogP contribution in [0.4, 0.5) is 0 Å². The molecule has 3 rings (SSSR count). The van der Waals surface area contributed by atoms with Crippen LogP contribution in [0.5, 0.6) is 0 Å². The minimum Gasteiger partial charge on any atom is -0.162 e. The van der Waals surface area contributed by atoms with Gasteiger partial charge in [-0.2, -0.15) is 11.8 Å². The average molecular weight is 224 g/mol. The molecule has 3 unspecified atom stereocenters. The van der Waals surface area contributed by atoms with Crippen LogP contribution in [0.1, 0.15) is 45.4 Å². The number of hydrogen-bond acceptors (Lipinski definition) is 1. The van der Waals surface area contributed by atoms with Crippen LogP contribution >= 0.6 is 11.8 Å². The van der Waals surface area contributed by atoms with Crippen molar-refractivity contribution in [1.29, 1.82) is 0 Å². The number of allylic oxidation sites excluding steroid dienone is 2. The molecule has 0 N–H and O–H groups in total. The van der Waals surface area contributed by atoms with Gasteiger partial charge in [0, 0.05) is 0 Å². The third kappa shape index (κ3) is 3.27. The van der Waals surface area contributed by atoms with Gasteiger partial charge in [0.25, 0.3) is 0 Å². The summed E-state index contributed by atoms with van der Waals surface area (Å²) in [6, 6.07) is 0. The van der Waals surface area contributed by atoms with Gasteiger partial charge in [0.1, 0.15) is 0 Å². The SMILES string of the molecule is CCCCSCCC1CC2C=CC1CC2. The summed E-state index contributed by atoms with van der Waals surface area (Å²) >= 11 is 2.17. The number of hydrogen-bond donors (Lipinski definition) is 0. The molecule has 3 atom stereocenters. The van der Waals surface area contributed by atoms with Gasteiger partial charge in [0.2, 0.25) is 0 Å². The van der Waals surface area contributed by atoms with Crippen molar-refractivity contribution < 1.29 is 0 Å². The first-order valence-electron chi connectivity index (χ1n) is 6.66.